The zero-order chi connectivity index (χ0) is 24.3. The Bertz CT molecular complexity index is 979. The number of alkyl halides is 2. The van der Waals surface area contributed by atoms with E-state index < -0.39 is 48.7 Å². The van der Waals surface area contributed by atoms with Crippen molar-refractivity contribution in [1.29, 1.82) is 0 Å². The average molecular weight is 477 g/mol. The minimum atomic E-state index is -2.84. The summed E-state index contributed by atoms with van der Waals surface area (Å²) >= 11 is 0. The number of ether oxygens (including phenoxy) is 3. The number of benzene rings is 1. The minimum Gasteiger partial charge on any atom is -0.484 e. The molecule has 1 aliphatic heterocycles. The first kappa shape index (κ1) is 25.0. The molecule has 33 heavy (non-hydrogen) atoms. The highest BCUT2D eigenvalue weighted by molar-refractivity contribution is 5.80. The van der Waals surface area contributed by atoms with Gasteiger partial charge in [-0.25, -0.2) is 17.6 Å². The van der Waals surface area contributed by atoms with Crippen LogP contribution >= 0.6 is 0 Å². The Morgan fingerprint density at radius 1 is 1.39 bits per heavy atom. The number of aliphatic hydroxyl groups is 1. The van der Waals surface area contributed by atoms with Crippen molar-refractivity contribution in [1.82, 2.24) is 14.9 Å². The van der Waals surface area contributed by atoms with Gasteiger partial charge in [-0.05, 0) is 26.2 Å². The van der Waals surface area contributed by atoms with Crippen LogP contribution in [-0.2, 0) is 16.6 Å². The Labute approximate surface area is 187 Å². The first-order valence-corrected chi connectivity index (χ1v) is 10.6. The maximum absolute atomic E-state index is 14.7. The molecule has 1 aromatic carbocycles. The fourth-order valence-corrected chi connectivity index (χ4v) is 3.84. The molecule has 2 heterocycles. The Kier molecular flexibility index (Phi) is 8.01. The second-order valence-electron chi connectivity index (χ2n) is 8.12. The lowest BCUT2D eigenvalue weighted by Gasteiger charge is -2.32. The second kappa shape index (κ2) is 10.6. The summed E-state index contributed by atoms with van der Waals surface area (Å²) in [4.78, 5) is 15.1. The minimum absolute atomic E-state index is 0.0688. The lowest BCUT2D eigenvalue weighted by Crippen LogP contribution is -2.43. The molecule has 0 spiro atoms. The van der Waals surface area contributed by atoms with Gasteiger partial charge in [0.05, 0.1) is 18.8 Å². The SMILES string of the molecule is CC(=O)N[C@@H](C)CC(O)[C@@H]1CCC(Oc2nc3c(F)cc(OCC(F)F)c(F)c3n2C)CO1. The molecule has 0 radical (unpaired) electrons. The van der Waals surface area contributed by atoms with Crippen LogP contribution in [0.3, 0.4) is 0 Å². The van der Waals surface area contributed by atoms with Crippen molar-refractivity contribution < 1.29 is 41.7 Å². The van der Waals surface area contributed by atoms with E-state index in [1.54, 1.807) is 6.92 Å². The number of hydrogen-bond acceptors (Lipinski definition) is 6. The van der Waals surface area contributed by atoms with Crippen LogP contribution in [0.25, 0.3) is 11.0 Å². The molecule has 12 heteroatoms. The number of imidazole rings is 1. The normalized spacial score (nSPS) is 20.6. The molecule has 1 aliphatic rings. The van der Waals surface area contributed by atoms with Gasteiger partial charge in [0.25, 0.3) is 12.4 Å². The fraction of sp³-hybridized carbons (Fsp3) is 0.619. The molecule has 8 nitrogen and oxygen atoms in total. The van der Waals surface area contributed by atoms with Crippen molar-refractivity contribution in [2.45, 2.75) is 63.9 Å². The van der Waals surface area contributed by atoms with Crippen LogP contribution in [0.5, 0.6) is 11.8 Å². The average Bonchev–Trinajstić information content (AvgIpc) is 3.06. The maximum Gasteiger partial charge on any atom is 0.297 e. The van der Waals surface area contributed by atoms with Crippen molar-refractivity contribution in [3.05, 3.63) is 17.7 Å². The van der Waals surface area contributed by atoms with Gasteiger partial charge in [-0.15, -0.1) is 0 Å². The van der Waals surface area contributed by atoms with Crippen LogP contribution in [0.4, 0.5) is 17.6 Å². The summed E-state index contributed by atoms with van der Waals surface area (Å²) < 4.78 is 71.2. The van der Waals surface area contributed by atoms with Gasteiger partial charge in [0.15, 0.2) is 17.4 Å². The number of aliphatic hydroxyl groups excluding tert-OH is 1. The molecule has 2 aromatic rings. The molecule has 184 valence electrons. The molecule has 1 aromatic heterocycles. The Morgan fingerprint density at radius 3 is 2.73 bits per heavy atom. The van der Waals surface area contributed by atoms with E-state index in [-0.39, 0.29) is 35.6 Å². The van der Waals surface area contributed by atoms with E-state index in [2.05, 4.69) is 15.0 Å². The van der Waals surface area contributed by atoms with Crippen LogP contribution in [0.15, 0.2) is 6.07 Å². The quantitative estimate of drug-likeness (QED) is 0.540. The fourth-order valence-electron chi connectivity index (χ4n) is 3.84. The summed E-state index contributed by atoms with van der Waals surface area (Å²) in [5, 5.41) is 13.1. The van der Waals surface area contributed by atoms with Gasteiger partial charge in [-0.2, -0.15) is 4.98 Å². The van der Waals surface area contributed by atoms with Crippen LogP contribution in [0, 0.1) is 11.6 Å². The van der Waals surface area contributed by atoms with Crippen molar-refractivity contribution in [3.63, 3.8) is 0 Å². The third-order valence-corrected chi connectivity index (χ3v) is 5.34. The molecule has 1 saturated heterocycles. The van der Waals surface area contributed by atoms with Gasteiger partial charge in [-0.1, -0.05) is 0 Å². The maximum atomic E-state index is 14.7. The number of carbonyl (C=O) groups is 1. The van der Waals surface area contributed by atoms with Crippen LogP contribution in [-0.4, -0.2) is 64.6 Å². The summed E-state index contributed by atoms with van der Waals surface area (Å²) in [6.07, 6.45) is -3.24. The predicted octanol–water partition coefficient (Wildman–Crippen LogP) is 2.70. The molecule has 0 aliphatic carbocycles. The number of rotatable bonds is 9. The molecule has 0 saturated carbocycles. The Morgan fingerprint density at radius 2 is 2.12 bits per heavy atom. The molecule has 3 rings (SSSR count). The number of aromatic nitrogens is 2. The van der Waals surface area contributed by atoms with Crippen molar-refractivity contribution in [3.8, 4) is 11.8 Å². The number of carbonyl (C=O) groups excluding carboxylic acids is 1. The highest BCUT2D eigenvalue weighted by atomic mass is 19.3. The van der Waals surface area contributed by atoms with Gasteiger partial charge >= 0.3 is 0 Å². The summed E-state index contributed by atoms with van der Waals surface area (Å²) in [5.41, 5.74) is -0.586. The summed E-state index contributed by atoms with van der Waals surface area (Å²) in [6.45, 7) is 2.23. The van der Waals surface area contributed by atoms with Crippen molar-refractivity contribution in [2.24, 2.45) is 7.05 Å². The summed E-state index contributed by atoms with van der Waals surface area (Å²) in [5.74, 6) is -2.78. The van der Waals surface area contributed by atoms with Crippen molar-refractivity contribution >= 4 is 16.9 Å². The van der Waals surface area contributed by atoms with E-state index in [0.29, 0.717) is 25.3 Å². The lowest BCUT2D eigenvalue weighted by atomic mass is 9.98. The summed E-state index contributed by atoms with van der Waals surface area (Å²) in [6, 6.07) is 0.393. The van der Waals surface area contributed by atoms with Crippen LogP contribution in [0.1, 0.15) is 33.1 Å². The number of halogens is 4. The van der Waals surface area contributed by atoms with Gasteiger partial charge in [-0.3, -0.25) is 9.36 Å². The van der Waals surface area contributed by atoms with Crippen LogP contribution in [0.2, 0.25) is 0 Å². The third-order valence-electron chi connectivity index (χ3n) is 5.34. The van der Waals surface area contributed by atoms with Gasteiger partial charge in [0, 0.05) is 26.1 Å². The van der Waals surface area contributed by atoms with E-state index in [4.69, 9.17) is 9.47 Å². The largest absolute Gasteiger partial charge is 0.484 e. The Hall–Kier alpha value is -2.60. The lowest BCUT2D eigenvalue weighted by molar-refractivity contribution is -0.120. The number of fused-ring (bicyclic) bond motifs is 1. The molecular weight excluding hydrogens is 450 g/mol. The predicted molar refractivity (Wildman–Crippen MR) is 109 cm³/mol. The van der Waals surface area contributed by atoms with Crippen molar-refractivity contribution in [2.75, 3.05) is 13.2 Å². The standard InChI is InChI=1S/C21H27F4N3O5/c1-10(26-11(2)29)6-14(30)15-5-4-12(8-31-15)33-21-27-19-13(22)7-16(32-9-17(23)24)18(25)20(19)28(21)3/h7,10,12,14-15,17,30H,4-6,8-9H2,1-3H3,(H,26,29)/t10-,12?,14?,15-/m0/s1. The van der Waals surface area contributed by atoms with Gasteiger partial charge in [0.2, 0.25) is 5.91 Å². The smallest absolute Gasteiger partial charge is 0.297 e. The molecule has 1 amide bonds. The first-order valence-electron chi connectivity index (χ1n) is 10.6. The number of nitrogens with zero attached hydrogens (tertiary/aromatic N) is 2. The molecule has 2 unspecified atom stereocenters. The topological polar surface area (TPSA) is 94.8 Å². The molecular formula is C21H27F4N3O5. The van der Waals surface area contributed by atoms with Crippen LogP contribution < -0.4 is 14.8 Å². The third kappa shape index (κ3) is 6.05. The zero-order valence-electron chi connectivity index (χ0n) is 18.5. The Balaban J connectivity index is 1.65. The first-order chi connectivity index (χ1) is 15.6. The second-order valence-corrected chi connectivity index (χ2v) is 8.12. The highest BCUT2D eigenvalue weighted by Gasteiger charge is 2.31. The van der Waals surface area contributed by atoms with E-state index >= 15 is 0 Å². The number of nitrogens with one attached hydrogen (secondary N) is 1. The molecule has 2 N–H and O–H groups in total. The van der Waals surface area contributed by atoms with E-state index in [1.807, 2.05) is 0 Å². The van der Waals surface area contributed by atoms with E-state index in [9.17, 15) is 27.5 Å². The van der Waals surface area contributed by atoms with Gasteiger partial charge < -0.3 is 24.6 Å². The number of amides is 1. The molecule has 0 bridgehead atoms. The van der Waals surface area contributed by atoms with E-state index in [0.717, 1.165) is 0 Å². The summed E-state index contributed by atoms with van der Waals surface area (Å²) in [7, 11) is 1.41. The molecule has 1 fully saturated rings. The van der Waals surface area contributed by atoms with Gasteiger partial charge in [0.1, 0.15) is 23.7 Å². The number of aryl methyl sites for hydroxylation is 1. The monoisotopic (exact) mass is 477 g/mol. The highest BCUT2D eigenvalue weighted by Crippen LogP contribution is 2.32. The molecule has 4 atom stereocenters. The van der Waals surface area contributed by atoms with E-state index in [1.165, 1.54) is 18.5 Å². The zero-order valence-corrected chi connectivity index (χ0v) is 18.5. The number of hydrogen-bond donors (Lipinski definition) is 2.